The smallest absolute Gasteiger partial charge is 0.116 e. The maximum absolute atomic E-state index is 9.09. The predicted molar refractivity (Wildman–Crippen MR) is 113 cm³/mol. The van der Waals surface area contributed by atoms with Crippen LogP contribution in [0.15, 0.2) is 42.9 Å². The molecule has 0 spiro atoms. The fraction of sp³-hybridized carbons (Fsp3) is 0.286. The van der Waals surface area contributed by atoms with Gasteiger partial charge in [-0.15, -0.1) is 5.10 Å². The standard InChI is InChI=1S/C21H22N8O/c1-14(2)25-18-9-19(21-5-4-16-8-15(10-22)11-24-29(16)21)23-12-17(18)20-13-28(27-26-20)6-7-30-3/h4-5,8-9,11-14H,6-7H2,1-3H3,(H,23,25). The lowest BCUT2D eigenvalue weighted by Gasteiger charge is -2.14. The molecule has 4 heterocycles. The molecule has 0 amide bonds. The van der Waals surface area contributed by atoms with Crippen molar-refractivity contribution < 1.29 is 4.74 Å². The summed E-state index contributed by atoms with van der Waals surface area (Å²) in [5.41, 5.74) is 5.50. The molecule has 0 saturated heterocycles. The molecule has 0 aliphatic heterocycles. The van der Waals surface area contributed by atoms with E-state index in [0.29, 0.717) is 18.7 Å². The van der Waals surface area contributed by atoms with E-state index in [1.165, 1.54) is 0 Å². The number of ether oxygens (including phenoxy) is 1. The van der Waals surface area contributed by atoms with Crippen LogP contribution in [0.1, 0.15) is 19.4 Å². The summed E-state index contributed by atoms with van der Waals surface area (Å²) < 4.78 is 8.64. The Balaban J connectivity index is 1.75. The number of anilines is 1. The molecule has 4 aromatic heterocycles. The fourth-order valence-electron chi connectivity index (χ4n) is 3.20. The molecule has 9 heteroatoms. The molecule has 9 nitrogen and oxygen atoms in total. The van der Waals surface area contributed by atoms with Gasteiger partial charge in [0.15, 0.2) is 0 Å². The first-order valence-electron chi connectivity index (χ1n) is 9.63. The zero-order valence-corrected chi connectivity index (χ0v) is 17.1. The summed E-state index contributed by atoms with van der Waals surface area (Å²) in [6.07, 6.45) is 5.24. The Bertz CT molecular complexity index is 1220. The van der Waals surface area contributed by atoms with E-state index in [0.717, 1.165) is 33.8 Å². The number of methoxy groups -OCH3 is 1. The molecule has 0 saturated carbocycles. The Hall–Kier alpha value is -3.77. The van der Waals surface area contributed by atoms with E-state index in [1.807, 2.05) is 24.4 Å². The first-order chi connectivity index (χ1) is 14.6. The lowest BCUT2D eigenvalue weighted by Crippen LogP contribution is -2.11. The van der Waals surface area contributed by atoms with E-state index in [9.17, 15) is 0 Å². The van der Waals surface area contributed by atoms with Crippen LogP contribution in [0.2, 0.25) is 0 Å². The number of aromatic nitrogens is 6. The van der Waals surface area contributed by atoms with Crippen molar-refractivity contribution in [1.82, 2.24) is 29.6 Å². The Labute approximate surface area is 173 Å². The van der Waals surface area contributed by atoms with E-state index in [4.69, 9.17) is 10.00 Å². The van der Waals surface area contributed by atoms with Gasteiger partial charge in [-0.25, -0.2) is 9.20 Å². The Morgan fingerprint density at radius 1 is 1.20 bits per heavy atom. The number of hydrogen-bond donors (Lipinski definition) is 1. The Morgan fingerprint density at radius 3 is 2.83 bits per heavy atom. The maximum atomic E-state index is 9.09. The summed E-state index contributed by atoms with van der Waals surface area (Å²) in [5, 5.41) is 25.4. The summed E-state index contributed by atoms with van der Waals surface area (Å²) in [6.45, 7) is 5.36. The first kappa shape index (κ1) is 19.5. The average molecular weight is 402 g/mol. The summed E-state index contributed by atoms with van der Waals surface area (Å²) in [6, 6.07) is 10.0. The van der Waals surface area contributed by atoms with Crippen LogP contribution in [0, 0.1) is 11.3 Å². The SMILES string of the molecule is COCCn1cc(-c2cnc(-c3ccc4cc(C#N)cnn34)cc2NC(C)C)nn1. The van der Waals surface area contributed by atoms with Gasteiger partial charge in [0.05, 0.1) is 48.0 Å². The minimum absolute atomic E-state index is 0.225. The van der Waals surface area contributed by atoms with Gasteiger partial charge < -0.3 is 10.1 Å². The van der Waals surface area contributed by atoms with Crippen molar-refractivity contribution >= 4 is 11.2 Å². The molecular weight excluding hydrogens is 380 g/mol. The van der Waals surface area contributed by atoms with Crippen LogP contribution in [-0.4, -0.2) is 49.4 Å². The van der Waals surface area contributed by atoms with Crippen LogP contribution in [0.3, 0.4) is 0 Å². The zero-order chi connectivity index (χ0) is 21.1. The van der Waals surface area contributed by atoms with Crippen LogP contribution < -0.4 is 5.32 Å². The third kappa shape index (κ3) is 3.86. The molecular formula is C21H22N8O. The normalized spacial score (nSPS) is 11.2. The highest BCUT2D eigenvalue weighted by atomic mass is 16.5. The second-order valence-corrected chi connectivity index (χ2v) is 7.19. The third-order valence-electron chi connectivity index (χ3n) is 4.58. The van der Waals surface area contributed by atoms with Gasteiger partial charge in [-0.1, -0.05) is 5.21 Å². The van der Waals surface area contributed by atoms with Gasteiger partial charge in [0.25, 0.3) is 0 Å². The van der Waals surface area contributed by atoms with Gasteiger partial charge in [0, 0.05) is 30.6 Å². The van der Waals surface area contributed by atoms with Crippen LogP contribution in [0.5, 0.6) is 0 Å². The van der Waals surface area contributed by atoms with Crippen molar-refractivity contribution in [2.24, 2.45) is 0 Å². The molecule has 0 aliphatic rings. The Morgan fingerprint density at radius 2 is 2.07 bits per heavy atom. The van der Waals surface area contributed by atoms with E-state index in [-0.39, 0.29) is 6.04 Å². The van der Waals surface area contributed by atoms with Crippen LogP contribution in [-0.2, 0) is 11.3 Å². The molecule has 4 rings (SSSR count). The highest BCUT2D eigenvalue weighted by Crippen LogP contribution is 2.31. The minimum atomic E-state index is 0.225. The number of pyridine rings is 1. The molecule has 152 valence electrons. The molecule has 0 aliphatic carbocycles. The second-order valence-electron chi connectivity index (χ2n) is 7.19. The highest BCUT2D eigenvalue weighted by molar-refractivity contribution is 5.78. The average Bonchev–Trinajstić information content (AvgIpc) is 3.38. The van der Waals surface area contributed by atoms with E-state index >= 15 is 0 Å². The molecule has 1 N–H and O–H groups in total. The van der Waals surface area contributed by atoms with Crippen molar-refractivity contribution in [2.45, 2.75) is 26.4 Å². The number of rotatable bonds is 7. The summed E-state index contributed by atoms with van der Waals surface area (Å²) >= 11 is 0. The number of nitriles is 1. The van der Waals surface area contributed by atoms with Gasteiger partial charge in [0.1, 0.15) is 11.8 Å². The topological polar surface area (TPSA) is 106 Å². The molecule has 30 heavy (non-hydrogen) atoms. The van der Waals surface area contributed by atoms with Crippen LogP contribution >= 0.6 is 0 Å². The molecule has 0 radical (unpaired) electrons. The number of hydrogen-bond acceptors (Lipinski definition) is 7. The van der Waals surface area contributed by atoms with Gasteiger partial charge in [0.2, 0.25) is 0 Å². The van der Waals surface area contributed by atoms with Crippen LogP contribution in [0.4, 0.5) is 5.69 Å². The summed E-state index contributed by atoms with van der Waals surface area (Å²) in [7, 11) is 1.66. The highest BCUT2D eigenvalue weighted by Gasteiger charge is 2.15. The lowest BCUT2D eigenvalue weighted by atomic mass is 10.1. The third-order valence-corrected chi connectivity index (χ3v) is 4.58. The number of fused-ring (bicyclic) bond motifs is 1. The lowest BCUT2D eigenvalue weighted by molar-refractivity contribution is 0.183. The summed E-state index contributed by atoms with van der Waals surface area (Å²) in [4.78, 5) is 4.66. The molecule has 0 bridgehead atoms. The molecule has 0 atom stereocenters. The van der Waals surface area contributed by atoms with E-state index in [2.05, 4.69) is 45.6 Å². The van der Waals surface area contributed by atoms with Crippen molar-refractivity contribution in [3.8, 4) is 28.7 Å². The quantitative estimate of drug-likeness (QED) is 0.506. The van der Waals surface area contributed by atoms with E-state index in [1.54, 1.807) is 34.8 Å². The second kappa shape index (κ2) is 8.31. The zero-order valence-electron chi connectivity index (χ0n) is 17.1. The molecule has 0 aromatic carbocycles. The summed E-state index contributed by atoms with van der Waals surface area (Å²) in [5.74, 6) is 0. The van der Waals surface area contributed by atoms with Crippen molar-refractivity contribution in [3.05, 3.63) is 48.4 Å². The number of nitrogens with one attached hydrogen (secondary N) is 1. The fourth-order valence-corrected chi connectivity index (χ4v) is 3.20. The van der Waals surface area contributed by atoms with Crippen molar-refractivity contribution in [2.75, 3.05) is 19.0 Å². The van der Waals surface area contributed by atoms with Gasteiger partial charge in [-0.3, -0.25) is 4.98 Å². The maximum Gasteiger partial charge on any atom is 0.116 e. The monoisotopic (exact) mass is 402 g/mol. The van der Waals surface area contributed by atoms with Gasteiger partial charge in [-0.05, 0) is 38.1 Å². The van der Waals surface area contributed by atoms with Crippen molar-refractivity contribution in [3.63, 3.8) is 0 Å². The molecule has 0 fully saturated rings. The van der Waals surface area contributed by atoms with Crippen molar-refractivity contribution in [1.29, 1.82) is 5.26 Å². The predicted octanol–water partition coefficient (Wildman–Crippen LogP) is 2.99. The minimum Gasteiger partial charge on any atom is -0.383 e. The first-order valence-corrected chi connectivity index (χ1v) is 9.63. The van der Waals surface area contributed by atoms with Gasteiger partial charge in [-0.2, -0.15) is 10.4 Å². The molecule has 0 unspecified atom stereocenters. The van der Waals surface area contributed by atoms with Crippen LogP contribution in [0.25, 0.3) is 28.2 Å². The molecule has 4 aromatic rings. The van der Waals surface area contributed by atoms with E-state index < -0.39 is 0 Å². The Kier molecular flexibility index (Phi) is 5.41. The number of nitrogens with zero attached hydrogens (tertiary/aromatic N) is 7. The van der Waals surface area contributed by atoms with Gasteiger partial charge >= 0.3 is 0 Å². The largest absolute Gasteiger partial charge is 0.383 e.